The van der Waals surface area contributed by atoms with Crippen LogP contribution in [0.5, 0.6) is 0 Å². The number of aromatic nitrogens is 1. The molecule has 2 heterocycles. The van der Waals surface area contributed by atoms with Crippen LogP contribution in [0.1, 0.15) is 45.1 Å². The molecule has 0 fully saturated rings. The highest BCUT2D eigenvalue weighted by molar-refractivity contribution is 7.86. The van der Waals surface area contributed by atoms with Gasteiger partial charge in [-0.1, -0.05) is 36.4 Å². The molecule has 0 saturated heterocycles. The maximum atomic E-state index is 12.4. The lowest BCUT2D eigenvalue weighted by atomic mass is 9.79. The second-order valence-electron chi connectivity index (χ2n) is 13.9. The molecule has 0 unspecified atom stereocenters. The van der Waals surface area contributed by atoms with E-state index in [1.165, 1.54) is 22.9 Å². The first kappa shape index (κ1) is 37.0. The van der Waals surface area contributed by atoms with Gasteiger partial charge in [-0.2, -0.15) is 21.4 Å². The number of benzene rings is 4. The molecule has 1 aromatic heterocycles. The Bertz CT molecular complexity index is 2650. The number of rotatable bonds is 12. The van der Waals surface area contributed by atoms with E-state index in [1.807, 2.05) is 59.3 Å². The topological polar surface area (TPSA) is 157 Å². The predicted molar refractivity (Wildman–Crippen MR) is 205 cm³/mol. The summed E-state index contributed by atoms with van der Waals surface area (Å²) in [5, 5.41) is 14.1. The van der Waals surface area contributed by atoms with Gasteiger partial charge >= 0.3 is 5.97 Å². The fourth-order valence-electron chi connectivity index (χ4n) is 7.59. The molecule has 1 aliphatic heterocycles. The van der Waals surface area contributed by atoms with Crippen LogP contribution in [0.25, 0.3) is 38.5 Å². The van der Waals surface area contributed by atoms with Crippen molar-refractivity contribution in [3.63, 3.8) is 0 Å². The molecule has 3 N–H and O–H groups in total. The van der Waals surface area contributed by atoms with Gasteiger partial charge in [0.25, 0.3) is 20.2 Å². The first-order valence-electron chi connectivity index (χ1n) is 16.9. The van der Waals surface area contributed by atoms with Crippen LogP contribution >= 0.6 is 0 Å². The molecule has 0 bridgehead atoms. The molecule has 0 atom stereocenters. The monoisotopic (exact) mass is 744 g/mol. The standard InChI is InChI=1S/C39H41N3O8S2/c1-39(2)35(16-9-6-8-15-31-28-14-12-13-27-30(40(3)4)20-21-32(37(27)28)41(31)5)42(22-11-7-10-17-36(43)44)33-19-18-26-29(38(33)39)23-25(51(45,46)47)24-34(26)52(48,49)50/h6,8-9,12-16,18-21,23-24H,7,10-11,17,22H2,1-5H3,(H2-,43,44,45,46,47,48,49,50)/p+1. The zero-order chi connectivity index (χ0) is 37.7. The Morgan fingerprint density at radius 1 is 0.865 bits per heavy atom. The SMILES string of the molecule is CN(C)c1ccc2c3c1cccc3c(=CC=CC=CC1=[N+](CCCCCC(=O)O)c3ccc4c(S(=O)(=O)O)cc(S(=O)(=O)O)cc4c3C1(C)C)n2C. The first-order valence-corrected chi connectivity index (χ1v) is 19.8. The maximum absolute atomic E-state index is 12.4. The van der Waals surface area contributed by atoms with Crippen LogP contribution in [0.4, 0.5) is 11.4 Å². The van der Waals surface area contributed by atoms with Crippen molar-refractivity contribution >= 4 is 81.8 Å². The number of aryl methyl sites for hydroxylation is 1. The largest absolute Gasteiger partial charge is 0.481 e. The van der Waals surface area contributed by atoms with Gasteiger partial charge in [-0.05, 0) is 68.5 Å². The Hall–Kier alpha value is -4.82. The van der Waals surface area contributed by atoms with Crippen LogP contribution in [-0.2, 0) is 37.5 Å². The van der Waals surface area contributed by atoms with Gasteiger partial charge in [0.2, 0.25) is 5.69 Å². The van der Waals surface area contributed by atoms with Crippen molar-refractivity contribution in [3.05, 3.63) is 89.8 Å². The Morgan fingerprint density at radius 3 is 2.27 bits per heavy atom. The Morgan fingerprint density at radius 2 is 1.60 bits per heavy atom. The van der Waals surface area contributed by atoms with E-state index in [0.29, 0.717) is 37.1 Å². The average molecular weight is 745 g/mol. The molecule has 0 saturated carbocycles. The zero-order valence-corrected chi connectivity index (χ0v) is 31.3. The molecular weight excluding hydrogens is 703 g/mol. The number of fused-ring (bicyclic) bond motifs is 3. The molecule has 5 aromatic rings. The van der Waals surface area contributed by atoms with Gasteiger partial charge in [-0.3, -0.25) is 13.9 Å². The predicted octanol–water partition coefficient (Wildman–Crippen LogP) is 6.38. The van der Waals surface area contributed by atoms with Gasteiger partial charge in [-0.15, -0.1) is 0 Å². The minimum Gasteiger partial charge on any atom is -0.481 e. The van der Waals surface area contributed by atoms with Crippen LogP contribution in [0.2, 0.25) is 0 Å². The van der Waals surface area contributed by atoms with Crippen LogP contribution in [0, 0.1) is 0 Å². The summed E-state index contributed by atoms with van der Waals surface area (Å²) in [7, 11) is -3.58. The quantitative estimate of drug-likeness (QED) is 0.0571. The summed E-state index contributed by atoms with van der Waals surface area (Å²) in [4.78, 5) is 11.9. The molecule has 0 amide bonds. The van der Waals surface area contributed by atoms with Crippen LogP contribution in [0.15, 0.2) is 88.7 Å². The molecule has 11 nitrogen and oxygen atoms in total. The van der Waals surface area contributed by atoms with E-state index in [-0.39, 0.29) is 17.2 Å². The minimum atomic E-state index is -4.87. The maximum Gasteiger partial charge on any atom is 0.303 e. The molecule has 0 radical (unpaired) electrons. The van der Waals surface area contributed by atoms with E-state index >= 15 is 0 Å². The number of carboxylic acids is 1. The lowest BCUT2D eigenvalue weighted by Crippen LogP contribution is -2.28. The highest BCUT2D eigenvalue weighted by atomic mass is 32.2. The van der Waals surface area contributed by atoms with Crippen LogP contribution in [0.3, 0.4) is 0 Å². The van der Waals surface area contributed by atoms with Gasteiger partial charge in [0.05, 0.1) is 10.3 Å². The number of nitrogens with zero attached hydrogens (tertiary/aromatic N) is 3. The van der Waals surface area contributed by atoms with Gasteiger partial charge < -0.3 is 14.6 Å². The van der Waals surface area contributed by atoms with Crippen molar-refractivity contribution in [2.75, 3.05) is 25.5 Å². The molecule has 13 heteroatoms. The fraction of sp³-hybridized carbons (Fsp3) is 0.282. The van der Waals surface area contributed by atoms with Gasteiger partial charge in [0.15, 0.2) is 5.71 Å². The van der Waals surface area contributed by atoms with Crippen LogP contribution < -0.4 is 10.2 Å². The average Bonchev–Trinajstić information content (AvgIpc) is 3.46. The zero-order valence-electron chi connectivity index (χ0n) is 29.7. The fourth-order valence-corrected chi connectivity index (χ4v) is 8.93. The number of carboxylic acid groups (broad SMARTS) is 1. The van der Waals surface area contributed by atoms with Crippen molar-refractivity contribution in [1.29, 1.82) is 0 Å². The van der Waals surface area contributed by atoms with Crippen molar-refractivity contribution in [2.45, 2.75) is 54.7 Å². The number of hydrogen-bond acceptors (Lipinski definition) is 6. The normalized spacial score (nSPS) is 15.3. The van der Waals surface area contributed by atoms with Gasteiger partial charge in [0, 0.05) is 89.8 Å². The lowest BCUT2D eigenvalue weighted by Gasteiger charge is -2.18. The highest BCUT2D eigenvalue weighted by Crippen LogP contribution is 2.46. The summed E-state index contributed by atoms with van der Waals surface area (Å²) >= 11 is 0. The van der Waals surface area contributed by atoms with E-state index in [0.717, 1.165) is 33.7 Å². The van der Waals surface area contributed by atoms with Crippen molar-refractivity contribution in [3.8, 4) is 0 Å². The molecule has 4 aromatic carbocycles. The van der Waals surface area contributed by atoms with E-state index in [4.69, 9.17) is 5.11 Å². The lowest BCUT2D eigenvalue weighted by molar-refractivity contribution is -0.438. The second-order valence-corrected chi connectivity index (χ2v) is 16.7. The molecule has 6 rings (SSSR count). The van der Waals surface area contributed by atoms with Crippen molar-refractivity contribution in [2.24, 2.45) is 7.05 Å². The van der Waals surface area contributed by atoms with Crippen LogP contribution in [-0.4, -0.2) is 72.5 Å². The molecule has 0 aliphatic carbocycles. The van der Waals surface area contributed by atoms with E-state index in [1.54, 1.807) is 6.07 Å². The number of hydrogen-bond donors (Lipinski definition) is 3. The third-order valence-electron chi connectivity index (χ3n) is 9.95. The summed E-state index contributed by atoms with van der Waals surface area (Å²) in [6, 6.07) is 15.9. The number of aliphatic carboxylic acids is 1. The number of unbranched alkanes of at least 4 members (excludes halogenated alkanes) is 2. The van der Waals surface area contributed by atoms with Gasteiger partial charge in [-0.25, -0.2) is 0 Å². The van der Waals surface area contributed by atoms with E-state index in [2.05, 4.69) is 50.5 Å². The third-order valence-corrected chi connectivity index (χ3v) is 11.7. The molecule has 0 spiro atoms. The minimum absolute atomic E-state index is 0.0614. The smallest absolute Gasteiger partial charge is 0.303 e. The summed E-state index contributed by atoms with van der Waals surface area (Å²) in [5.74, 6) is -0.858. The molecule has 52 heavy (non-hydrogen) atoms. The Kier molecular flexibility index (Phi) is 9.68. The third kappa shape index (κ3) is 6.65. The van der Waals surface area contributed by atoms with E-state index in [9.17, 15) is 30.7 Å². The van der Waals surface area contributed by atoms with Gasteiger partial charge in [0.1, 0.15) is 11.4 Å². The van der Waals surface area contributed by atoms with Crippen molar-refractivity contribution < 1.29 is 40.4 Å². The van der Waals surface area contributed by atoms with E-state index < -0.39 is 41.4 Å². The Balaban J connectivity index is 1.44. The number of anilines is 1. The number of carbonyl (C=O) groups is 1. The molecular formula is C39H42N3O8S2+. The Labute approximate surface area is 303 Å². The summed E-state index contributed by atoms with van der Waals surface area (Å²) in [6.07, 6.45) is 11.7. The molecule has 1 aliphatic rings. The number of allylic oxidation sites excluding steroid dienone is 4. The summed E-state index contributed by atoms with van der Waals surface area (Å²) in [6.45, 7) is 4.41. The van der Waals surface area contributed by atoms with Crippen molar-refractivity contribution in [1.82, 2.24) is 4.57 Å². The summed E-state index contributed by atoms with van der Waals surface area (Å²) < 4.78 is 73.7. The summed E-state index contributed by atoms with van der Waals surface area (Å²) in [5.41, 5.74) is 3.68. The second kappa shape index (κ2) is 13.6. The molecule has 272 valence electrons. The highest BCUT2D eigenvalue weighted by Gasteiger charge is 2.46. The first-order chi connectivity index (χ1) is 24.4.